The van der Waals surface area contributed by atoms with Gasteiger partial charge in [-0.05, 0) is 13.0 Å². The molecule has 4 heteroatoms. The number of hydrogen-bond acceptors (Lipinski definition) is 4. The Labute approximate surface area is 64.5 Å². The molecule has 0 aromatic carbocycles. The second-order valence-electron chi connectivity index (χ2n) is 2.53. The second kappa shape index (κ2) is 2.54. The van der Waals surface area contributed by atoms with Gasteiger partial charge < -0.3 is 14.6 Å². The van der Waals surface area contributed by atoms with Gasteiger partial charge in [0.15, 0.2) is 0 Å². The maximum atomic E-state index is 5.00. The minimum absolute atomic E-state index is 0.571. The molecule has 0 bridgehead atoms. The molecule has 1 aromatic heterocycles. The predicted octanol–water partition coefficient (Wildman–Crippen LogP) is 0.329. The highest BCUT2D eigenvalue weighted by Gasteiger charge is 2.18. The molecule has 1 aliphatic heterocycles. The zero-order valence-corrected chi connectivity index (χ0v) is 6.39. The lowest BCUT2D eigenvalue weighted by atomic mass is 10.1. The molecule has 0 radical (unpaired) electrons. The van der Waals surface area contributed by atoms with E-state index in [9.17, 15) is 0 Å². The van der Waals surface area contributed by atoms with Crippen molar-refractivity contribution < 1.29 is 9.26 Å². The van der Waals surface area contributed by atoms with Crippen LogP contribution in [-0.4, -0.2) is 18.8 Å². The van der Waals surface area contributed by atoms with Crippen molar-refractivity contribution in [3.8, 4) is 5.95 Å². The van der Waals surface area contributed by atoms with Crippen LogP contribution in [0.1, 0.15) is 11.3 Å². The fourth-order valence-electron chi connectivity index (χ4n) is 1.29. The average Bonchev–Trinajstić information content (AvgIpc) is 2.47. The van der Waals surface area contributed by atoms with Crippen molar-refractivity contribution in [2.75, 3.05) is 13.7 Å². The molecule has 11 heavy (non-hydrogen) atoms. The minimum atomic E-state index is 0.571. The van der Waals surface area contributed by atoms with E-state index in [-0.39, 0.29) is 0 Å². The molecule has 0 atom stereocenters. The van der Waals surface area contributed by atoms with Gasteiger partial charge in [0.1, 0.15) is 5.69 Å². The van der Waals surface area contributed by atoms with E-state index in [0.29, 0.717) is 5.95 Å². The van der Waals surface area contributed by atoms with Crippen LogP contribution in [0.5, 0.6) is 5.95 Å². The largest absolute Gasteiger partial charge is 0.467 e. The molecule has 2 heterocycles. The van der Waals surface area contributed by atoms with Gasteiger partial charge in [-0.3, -0.25) is 0 Å². The SMILES string of the molecule is COc1onc2c1CCNC2. The van der Waals surface area contributed by atoms with Crippen LogP contribution in [0.4, 0.5) is 0 Å². The number of rotatable bonds is 1. The smallest absolute Gasteiger partial charge is 0.314 e. The standard InChI is InChI=1S/C7H10N2O2/c1-10-7-5-2-3-8-4-6(5)9-11-7/h8H,2-4H2,1H3. The molecule has 1 N–H and O–H groups in total. The second-order valence-corrected chi connectivity index (χ2v) is 2.53. The van der Waals surface area contributed by atoms with Crippen molar-refractivity contribution in [1.82, 2.24) is 10.5 Å². The molecule has 0 amide bonds. The highest BCUT2D eigenvalue weighted by Crippen LogP contribution is 2.23. The van der Waals surface area contributed by atoms with E-state index in [4.69, 9.17) is 9.26 Å². The lowest BCUT2D eigenvalue weighted by Gasteiger charge is -2.09. The number of hydrogen-bond donors (Lipinski definition) is 1. The van der Waals surface area contributed by atoms with Gasteiger partial charge in [-0.1, -0.05) is 5.16 Å². The first-order valence-electron chi connectivity index (χ1n) is 3.64. The molecular formula is C7H10N2O2. The molecule has 0 saturated heterocycles. The zero-order valence-electron chi connectivity index (χ0n) is 6.39. The van der Waals surface area contributed by atoms with Crippen LogP contribution < -0.4 is 10.1 Å². The van der Waals surface area contributed by atoms with Crippen molar-refractivity contribution in [2.45, 2.75) is 13.0 Å². The Kier molecular flexibility index (Phi) is 1.54. The van der Waals surface area contributed by atoms with Gasteiger partial charge in [-0.15, -0.1) is 0 Å². The molecular weight excluding hydrogens is 144 g/mol. The Morgan fingerprint density at radius 1 is 1.64 bits per heavy atom. The highest BCUT2D eigenvalue weighted by atomic mass is 16.6. The highest BCUT2D eigenvalue weighted by molar-refractivity contribution is 5.29. The first kappa shape index (κ1) is 6.67. The summed E-state index contributed by atoms with van der Waals surface area (Å²) in [6, 6.07) is 0. The topological polar surface area (TPSA) is 47.3 Å². The van der Waals surface area contributed by atoms with Crippen molar-refractivity contribution in [3.05, 3.63) is 11.3 Å². The number of nitrogens with zero attached hydrogens (tertiary/aromatic N) is 1. The molecule has 1 aliphatic rings. The number of nitrogens with one attached hydrogen (secondary N) is 1. The molecule has 0 unspecified atom stereocenters. The van der Waals surface area contributed by atoms with Crippen LogP contribution in [-0.2, 0) is 13.0 Å². The fourth-order valence-corrected chi connectivity index (χ4v) is 1.29. The van der Waals surface area contributed by atoms with Gasteiger partial charge in [-0.2, -0.15) is 0 Å². The minimum Gasteiger partial charge on any atom is -0.467 e. The Morgan fingerprint density at radius 2 is 2.55 bits per heavy atom. The van der Waals surface area contributed by atoms with E-state index < -0.39 is 0 Å². The summed E-state index contributed by atoms with van der Waals surface area (Å²) in [5, 5.41) is 7.07. The van der Waals surface area contributed by atoms with Gasteiger partial charge in [0.25, 0.3) is 0 Å². The Bertz CT molecular complexity index is 243. The summed E-state index contributed by atoms with van der Waals surface area (Å²) < 4.78 is 9.95. The predicted molar refractivity (Wildman–Crippen MR) is 38.5 cm³/mol. The lowest BCUT2D eigenvalue weighted by Crippen LogP contribution is -2.23. The van der Waals surface area contributed by atoms with Crippen molar-refractivity contribution in [1.29, 1.82) is 0 Å². The maximum Gasteiger partial charge on any atom is 0.314 e. The first-order valence-corrected chi connectivity index (χ1v) is 3.64. The van der Waals surface area contributed by atoms with Gasteiger partial charge >= 0.3 is 5.95 Å². The van der Waals surface area contributed by atoms with E-state index in [1.165, 1.54) is 0 Å². The van der Waals surface area contributed by atoms with Crippen molar-refractivity contribution in [3.63, 3.8) is 0 Å². The molecule has 4 nitrogen and oxygen atoms in total. The van der Waals surface area contributed by atoms with Crippen LogP contribution in [0.15, 0.2) is 4.52 Å². The summed E-state index contributed by atoms with van der Waals surface area (Å²) in [5.74, 6) is 0.571. The Balaban J connectivity index is 2.38. The summed E-state index contributed by atoms with van der Waals surface area (Å²) in [4.78, 5) is 0. The summed E-state index contributed by atoms with van der Waals surface area (Å²) >= 11 is 0. The van der Waals surface area contributed by atoms with Crippen LogP contribution in [0.3, 0.4) is 0 Å². The van der Waals surface area contributed by atoms with E-state index in [0.717, 1.165) is 30.8 Å². The van der Waals surface area contributed by atoms with Gasteiger partial charge in [-0.25, -0.2) is 0 Å². The van der Waals surface area contributed by atoms with Gasteiger partial charge in [0.2, 0.25) is 0 Å². The number of methoxy groups -OCH3 is 1. The van der Waals surface area contributed by atoms with Gasteiger partial charge in [0, 0.05) is 6.54 Å². The number of fused-ring (bicyclic) bond motifs is 1. The van der Waals surface area contributed by atoms with Crippen LogP contribution in [0.25, 0.3) is 0 Å². The molecule has 60 valence electrons. The molecule has 0 saturated carbocycles. The van der Waals surface area contributed by atoms with Gasteiger partial charge in [0.05, 0.1) is 12.7 Å². The number of aromatic nitrogens is 1. The van der Waals surface area contributed by atoms with E-state index >= 15 is 0 Å². The first-order chi connectivity index (χ1) is 5.42. The lowest BCUT2D eigenvalue weighted by molar-refractivity contribution is 0.257. The summed E-state index contributed by atoms with van der Waals surface area (Å²) in [6.45, 7) is 1.77. The molecule has 0 aliphatic carbocycles. The third kappa shape index (κ3) is 0.991. The fraction of sp³-hybridized carbons (Fsp3) is 0.571. The zero-order chi connectivity index (χ0) is 7.68. The monoisotopic (exact) mass is 154 g/mol. The summed E-state index contributed by atoms with van der Waals surface area (Å²) in [6.07, 6.45) is 0.946. The summed E-state index contributed by atoms with van der Waals surface area (Å²) in [7, 11) is 1.60. The van der Waals surface area contributed by atoms with Crippen LogP contribution in [0, 0.1) is 0 Å². The quantitative estimate of drug-likeness (QED) is 0.633. The summed E-state index contributed by atoms with van der Waals surface area (Å²) in [5.41, 5.74) is 2.10. The van der Waals surface area contributed by atoms with Crippen LogP contribution in [0.2, 0.25) is 0 Å². The molecule has 0 fully saturated rings. The van der Waals surface area contributed by atoms with E-state index in [2.05, 4.69) is 10.5 Å². The molecule has 1 aromatic rings. The number of ether oxygens (including phenoxy) is 1. The van der Waals surface area contributed by atoms with Crippen molar-refractivity contribution >= 4 is 0 Å². The van der Waals surface area contributed by atoms with E-state index in [1.54, 1.807) is 7.11 Å². The average molecular weight is 154 g/mol. The van der Waals surface area contributed by atoms with Crippen LogP contribution >= 0.6 is 0 Å². The Morgan fingerprint density at radius 3 is 3.36 bits per heavy atom. The third-order valence-electron chi connectivity index (χ3n) is 1.86. The Hall–Kier alpha value is -1.03. The van der Waals surface area contributed by atoms with E-state index in [1.807, 2.05) is 0 Å². The normalized spacial score (nSPS) is 16.1. The molecule has 2 rings (SSSR count). The maximum absolute atomic E-state index is 5.00. The third-order valence-corrected chi connectivity index (χ3v) is 1.86. The van der Waals surface area contributed by atoms with Crippen molar-refractivity contribution in [2.24, 2.45) is 0 Å². The molecule has 0 spiro atoms.